The molecule has 1 atom stereocenters. The molecular formula is C4H5N2OPS. The second kappa shape index (κ2) is 2.42. The van der Waals surface area contributed by atoms with Crippen LogP contribution >= 0.6 is 20.6 Å². The fourth-order valence-electron chi connectivity index (χ4n) is 0.402. The van der Waals surface area contributed by atoms with Crippen molar-refractivity contribution in [2.75, 3.05) is 0 Å². The third-order valence-electron chi connectivity index (χ3n) is 0.766. The minimum Gasteiger partial charge on any atom is -0.365 e. The van der Waals surface area contributed by atoms with Crippen molar-refractivity contribution < 1.29 is 4.79 Å². The molecule has 5 heteroatoms. The van der Waals surface area contributed by atoms with Gasteiger partial charge in [0.1, 0.15) is 9.63 Å². The van der Waals surface area contributed by atoms with Crippen molar-refractivity contribution in [1.29, 1.82) is 0 Å². The Kier molecular flexibility index (Phi) is 1.78. The summed E-state index contributed by atoms with van der Waals surface area (Å²) in [6.45, 7) is 0. The number of thiazole rings is 1. The molecule has 0 aliphatic carbocycles. The zero-order chi connectivity index (χ0) is 6.85. The van der Waals surface area contributed by atoms with Crippen LogP contribution in [0, 0.1) is 0 Å². The van der Waals surface area contributed by atoms with Gasteiger partial charge in [-0.3, -0.25) is 4.79 Å². The maximum atomic E-state index is 10.4. The second-order valence-corrected chi connectivity index (χ2v) is 3.45. The van der Waals surface area contributed by atoms with Gasteiger partial charge in [-0.15, -0.1) is 11.3 Å². The van der Waals surface area contributed by atoms with Crippen molar-refractivity contribution >= 4 is 31.2 Å². The number of hydrogen-bond acceptors (Lipinski definition) is 3. The molecule has 2 N–H and O–H groups in total. The van der Waals surface area contributed by atoms with Crippen LogP contribution in [0.15, 0.2) is 6.20 Å². The first-order valence-electron chi connectivity index (χ1n) is 2.21. The highest BCUT2D eigenvalue weighted by Crippen LogP contribution is 2.04. The number of hydrogen-bond donors (Lipinski definition) is 1. The van der Waals surface area contributed by atoms with Crippen molar-refractivity contribution in [3.63, 3.8) is 0 Å². The first-order valence-corrected chi connectivity index (χ1v) is 3.60. The predicted molar refractivity (Wildman–Crippen MR) is 40.0 cm³/mol. The molecule has 1 aromatic heterocycles. The van der Waals surface area contributed by atoms with Crippen LogP contribution in [0.4, 0.5) is 0 Å². The highest BCUT2D eigenvalue weighted by molar-refractivity contribution is 7.43. The van der Waals surface area contributed by atoms with E-state index in [1.54, 1.807) is 0 Å². The van der Waals surface area contributed by atoms with E-state index in [9.17, 15) is 4.79 Å². The summed E-state index contributed by atoms with van der Waals surface area (Å²) in [4.78, 5) is 14.7. The smallest absolute Gasteiger partial charge is 0.260 e. The van der Waals surface area contributed by atoms with Gasteiger partial charge in [-0.2, -0.15) is 0 Å². The van der Waals surface area contributed by atoms with Gasteiger partial charge in [0.15, 0.2) is 0 Å². The standard InChI is InChI=1S/C4H5N2OPS/c5-3(7)2-1-6-4(8)9-2/h1H,8H2,(H2,5,7). The lowest BCUT2D eigenvalue weighted by atomic mass is 10.5. The van der Waals surface area contributed by atoms with E-state index in [0.717, 1.165) is 4.75 Å². The molecule has 0 fully saturated rings. The van der Waals surface area contributed by atoms with Crippen LogP contribution in [0.2, 0.25) is 0 Å². The summed E-state index contributed by atoms with van der Waals surface area (Å²) in [7, 11) is 2.39. The van der Waals surface area contributed by atoms with Crippen LogP contribution in [0.5, 0.6) is 0 Å². The number of carbonyl (C=O) groups excluding carboxylic acids is 1. The lowest BCUT2D eigenvalue weighted by Gasteiger charge is -1.79. The van der Waals surface area contributed by atoms with Crippen molar-refractivity contribution in [1.82, 2.24) is 4.98 Å². The van der Waals surface area contributed by atoms with Gasteiger partial charge in [-0.05, 0) is 0 Å². The average molecular weight is 160 g/mol. The molecule has 0 aliphatic heterocycles. The fourth-order valence-corrected chi connectivity index (χ4v) is 1.39. The zero-order valence-corrected chi connectivity index (χ0v) is 6.47. The van der Waals surface area contributed by atoms with Gasteiger partial charge in [0, 0.05) is 0 Å². The van der Waals surface area contributed by atoms with Gasteiger partial charge in [0.2, 0.25) is 0 Å². The summed E-state index contributed by atoms with van der Waals surface area (Å²) in [5.74, 6) is -0.416. The van der Waals surface area contributed by atoms with Crippen molar-refractivity contribution in [2.45, 2.75) is 0 Å². The third-order valence-corrected chi connectivity index (χ3v) is 2.11. The number of nitrogens with zero attached hydrogens (tertiary/aromatic N) is 1. The number of nitrogens with two attached hydrogens (primary N) is 1. The number of aromatic nitrogens is 1. The Morgan fingerprint density at radius 3 is 2.78 bits per heavy atom. The number of carbonyl (C=O) groups is 1. The van der Waals surface area contributed by atoms with Crippen LogP contribution in [0.3, 0.4) is 0 Å². The molecule has 0 radical (unpaired) electrons. The molecule has 0 bridgehead atoms. The molecule has 1 amide bonds. The van der Waals surface area contributed by atoms with Gasteiger partial charge in [0.05, 0.1) is 6.20 Å². The van der Waals surface area contributed by atoms with Gasteiger partial charge in [-0.1, -0.05) is 9.24 Å². The van der Waals surface area contributed by atoms with Gasteiger partial charge in [0.25, 0.3) is 5.91 Å². The summed E-state index contributed by atoms with van der Waals surface area (Å²) in [5, 5.41) is 0. The van der Waals surface area contributed by atoms with Crippen molar-refractivity contribution in [3.05, 3.63) is 11.1 Å². The summed E-state index contributed by atoms with van der Waals surface area (Å²) >= 11 is 1.27. The minimum absolute atomic E-state index is 0.416. The molecule has 1 aromatic rings. The zero-order valence-electron chi connectivity index (χ0n) is 4.50. The molecule has 48 valence electrons. The summed E-state index contributed by atoms with van der Waals surface area (Å²) in [5.41, 5.74) is 4.95. The summed E-state index contributed by atoms with van der Waals surface area (Å²) < 4.78 is 0.781. The average Bonchev–Trinajstić information content (AvgIpc) is 2.14. The number of primary amides is 1. The lowest BCUT2D eigenvalue weighted by Crippen LogP contribution is -2.08. The van der Waals surface area contributed by atoms with Gasteiger partial charge < -0.3 is 5.73 Å². The molecule has 0 aromatic carbocycles. The molecule has 3 nitrogen and oxygen atoms in total. The molecule has 0 saturated carbocycles. The molecule has 0 aliphatic rings. The second-order valence-electron chi connectivity index (χ2n) is 1.43. The van der Waals surface area contributed by atoms with Crippen molar-refractivity contribution in [3.8, 4) is 0 Å². The topological polar surface area (TPSA) is 56.0 Å². The fraction of sp³-hybridized carbons (Fsp3) is 0. The molecule has 1 heterocycles. The quantitative estimate of drug-likeness (QED) is 0.575. The maximum Gasteiger partial charge on any atom is 0.260 e. The molecule has 0 spiro atoms. The highest BCUT2D eigenvalue weighted by atomic mass is 32.1. The van der Waals surface area contributed by atoms with E-state index < -0.39 is 5.91 Å². The third kappa shape index (κ3) is 1.47. The number of amides is 1. The Hall–Kier alpha value is -0.470. The molecule has 1 unspecified atom stereocenters. The van der Waals surface area contributed by atoms with E-state index in [-0.39, 0.29) is 0 Å². The Balaban J connectivity index is 2.98. The Labute approximate surface area is 58.5 Å². The van der Waals surface area contributed by atoms with E-state index in [2.05, 4.69) is 14.2 Å². The van der Waals surface area contributed by atoms with E-state index in [4.69, 9.17) is 5.73 Å². The predicted octanol–water partition coefficient (Wildman–Crippen LogP) is -0.258. The normalized spacial score (nSPS) is 9.44. The van der Waals surface area contributed by atoms with Crippen LogP contribution in [0.25, 0.3) is 0 Å². The van der Waals surface area contributed by atoms with E-state index in [1.807, 2.05) is 0 Å². The minimum atomic E-state index is -0.416. The number of rotatable bonds is 1. The lowest BCUT2D eigenvalue weighted by molar-refractivity contribution is 0.100. The van der Waals surface area contributed by atoms with Crippen LogP contribution in [-0.2, 0) is 0 Å². The summed E-state index contributed by atoms with van der Waals surface area (Å²) in [6, 6.07) is 0. The largest absolute Gasteiger partial charge is 0.365 e. The van der Waals surface area contributed by atoms with E-state index >= 15 is 0 Å². The van der Waals surface area contributed by atoms with Gasteiger partial charge in [-0.25, -0.2) is 4.98 Å². The first kappa shape index (κ1) is 6.65. The Morgan fingerprint density at radius 2 is 2.56 bits per heavy atom. The van der Waals surface area contributed by atoms with Crippen molar-refractivity contribution in [2.24, 2.45) is 5.73 Å². The Bertz CT molecular complexity index is 234. The SMILES string of the molecule is NC(=O)c1cnc(P)s1. The highest BCUT2D eigenvalue weighted by Gasteiger charge is 2.01. The molecule has 9 heavy (non-hydrogen) atoms. The molecular weight excluding hydrogens is 155 g/mol. The van der Waals surface area contributed by atoms with E-state index in [0.29, 0.717) is 4.88 Å². The first-order chi connectivity index (χ1) is 4.20. The molecule has 0 saturated heterocycles. The van der Waals surface area contributed by atoms with Crippen LogP contribution in [0.1, 0.15) is 9.67 Å². The molecule has 1 rings (SSSR count). The Morgan fingerprint density at radius 1 is 1.89 bits per heavy atom. The maximum absolute atomic E-state index is 10.4. The van der Waals surface area contributed by atoms with Gasteiger partial charge >= 0.3 is 0 Å². The van der Waals surface area contributed by atoms with Crippen LogP contribution < -0.4 is 10.5 Å². The monoisotopic (exact) mass is 160 g/mol. The van der Waals surface area contributed by atoms with E-state index in [1.165, 1.54) is 17.5 Å². The summed E-state index contributed by atoms with van der Waals surface area (Å²) in [6.07, 6.45) is 1.47. The van der Waals surface area contributed by atoms with Crippen LogP contribution in [-0.4, -0.2) is 10.9 Å².